The van der Waals surface area contributed by atoms with Crippen LogP contribution in [0.2, 0.25) is 0 Å². The molecule has 2 rings (SSSR count). The highest BCUT2D eigenvalue weighted by molar-refractivity contribution is 5.34. The van der Waals surface area contributed by atoms with E-state index in [1.54, 1.807) is 7.11 Å². The Morgan fingerprint density at radius 1 is 1.19 bits per heavy atom. The van der Waals surface area contributed by atoms with Crippen LogP contribution in [0.25, 0.3) is 0 Å². The fraction of sp³-hybridized carbons (Fsp3) is 0.278. The van der Waals surface area contributed by atoms with E-state index in [4.69, 9.17) is 10.00 Å². The third-order valence-electron chi connectivity index (χ3n) is 3.43. The van der Waals surface area contributed by atoms with Gasteiger partial charge in [-0.1, -0.05) is 30.3 Å². The molecular weight excluding hydrogens is 260 g/mol. The van der Waals surface area contributed by atoms with Gasteiger partial charge in [0.1, 0.15) is 5.75 Å². The van der Waals surface area contributed by atoms with Crippen LogP contribution in [-0.4, -0.2) is 13.2 Å². The van der Waals surface area contributed by atoms with Crippen molar-refractivity contribution >= 4 is 0 Å². The Morgan fingerprint density at radius 2 is 2.00 bits per heavy atom. The number of rotatable bonds is 6. The van der Waals surface area contributed by atoms with Gasteiger partial charge in [-0.3, -0.25) is 0 Å². The Kier molecular flexibility index (Phi) is 5.36. The summed E-state index contributed by atoms with van der Waals surface area (Å²) in [6.45, 7) is 2.91. The minimum Gasteiger partial charge on any atom is -0.496 e. The van der Waals surface area contributed by atoms with Gasteiger partial charge in [-0.25, -0.2) is 0 Å². The lowest BCUT2D eigenvalue weighted by Crippen LogP contribution is -2.27. The van der Waals surface area contributed by atoms with Crippen LogP contribution in [-0.2, 0) is 13.0 Å². The quantitative estimate of drug-likeness (QED) is 0.883. The molecule has 0 saturated carbocycles. The number of hydrogen-bond donors (Lipinski definition) is 1. The van der Waals surface area contributed by atoms with Crippen LogP contribution in [0.1, 0.15) is 23.6 Å². The van der Waals surface area contributed by atoms with Gasteiger partial charge in [0, 0.05) is 12.6 Å². The third kappa shape index (κ3) is 4.34. The lowest BCUT2D eigenvalue weighted by atomic mass is 10.1. The molecule has 3 nitrogen and oxygen atoms in total. The van der Waals surface area contributed by atoms with E-state index >= 15 is 0 Å². The Labute approximate surface area is 126 Å². The van der Waals surface area contributed by atoms with Gasteiger partial charge in [-0.05, 0) is 42.7 Å². The maximum absolute atomic E-state index is 8.91. The van der Waals surface area contributed by atoms with Crippen molar-refractivity contribution in [3.8, 4) is 11.8 Å². The molecule has 1 unspecified atom stereocenters. The van der Waals surface area contributed by atoms with Crippen LogP contribution in [0.3, 0.4) is 0 Å². The van der Waals surface area contributed by atoms with Crippen LogP contribution >= 0.6 is 0 Å². The number of ether oxygens (including phenoxy) is 1. The second kappa shape index (κ2) is 7.47. The largest absolute Gasteiger partial charge is 0.496 e. The summed E-state index contributed by atoms with van der Waals surface area (Å²) in [5.74, 6) is 0.928. The Balaban J connectivity index is 1.93. The summed E-state index contributed by atoms with van der Waals surface area (Å²) in [4.78, 5) is 0. The molecule has 0 saturated heterocycles. The molecule has 21 heavy (non-hydrogen) atoms. The van der Waals surface area contributed by atoms with Crippen molar-refractivity contribution in [1.29, 1.82) is 5.26 Å². The smallest absolute Gasteiger partial charge is 0.122 e. The molecular formula is C18H20N2O. The zero-order chi connectivity index (χ0) is 15.1. The van der Waals surface area contributed by atoms with E-state index in [9.17, 15) is 0 Å². The topological polar surface area (TPSA) is 45.0 Å². The van der Waals surface area contributed by atoms with Crippen molar-refractivity contribution in [1.82, 2.24) is 5.32 Å². The van der Waals surface area contributed by atoms with E-state index in [2.05, 4.69) is 24.4 Å². The van der Waals surface area contributed by atoms with E-state index in [-0.39, 0.29) is 0 Å². The summed E-state index contributed by atoms with van der Waals surface area (Å²) >= 11 is 0. The van der Waals surface area contributed by atoms with Gasteiger partial charge in [0.2, 0.25) is 0 Å². The van der Waals surface area contributed by atoms with Gasteiger partial charge >= 0.3 is 0 Å². The molecule has 2 aromatic carbocycles. The normalized spacial score (nSPS) is 11.7. The summed E-state index contributed by atoms with van der Waals surface area (Å²) in [5, 5.41) is 12.4. The highest BCUT2D eigenvalue weighted by atomic mass is 16.5. The predicted octanol–water partition coefficient (Wildman–Crippen LogP) is 3.29. The maximum atomic E-state index is 8.91. The van der Waals surface area contributed by atoms with E-state index in [0.717, 1.165) is 24.3 Å². The van der Waals surface area contributed by atoms with Crippen molar-refractivity contribution in [3.63, 3.8) is 0 Å². The third-order valence-corrected chi connectivity index (χ3v) is 3.43. The molecule has 2 aromatic rings. The molecule has 1 atom stereocenters. The van der Waals surface area contributed by atoms with Crippen molar-refractivity contribution in [2.24, 2.45) is 0 Å². The van der Waals surface area contributed by atoms with Crippen molar-refractivity contribution < 1.29 is 4.74 Å². The van der Waals surface area contributed by atoms with E-state index < -0.39 is 0 Å². The number of nitriles is 1. The zero-order valence-electron chi connectivity index (χ0n) is 12.5. The summed E-state index contributed by atoms with van der Waals surface area (Å²) in [7, 11) is 1.70. The molecule has 0 heterocycles. The molecule has 0 spiro atoms. The molecule has 1 N–H and O–H groups in total. The van der Waals surface area contributed by atoms with Gasteiger partial charge in [-0.2, -0.15) is 5.26 Å². The van der Waals surface area contributed by atoms with Crippen LogP contribution in [0.4, 0.5) is 0 Å². The van der Waals surface area contributed by atoms with E-state index in [0.29, 0.717) is 11.6 Å². The number of nitrogens with one attached hydrogen (secondary N) is 1. The summed E-state index contributed by atoms with van der Waals surface area (Å²) < 4.78 is 5.38. The molecule has 108 valence electrons. The van der Waals surface area contributed by atoms with Gasteiger partial charge in [0.05, 0.1) is 18.7 Å². The van der Waals surface area contributed by atoms with Crippen molar-refractivity contribution in [2.45, 2.75) is 25.9 Å². The lowest BCUT2D eigenvalue weighted by molar-refractivity contribution is 0.406. The maximum Gasteiger partial charge on any atom is 0.122 e. The van der Waals surface area contributed by atoms with Gasteiger partial charge < -0.3 is 10.1 Å². The lowest BCUT2D eigenvalue weighted by Gasteiger charge is -2.16. The molecule has 0 bridgehead atoms. The molecule has 0 aromatic heterocycles. The fourth-order valence-corrected chi connectivity index (χ4v) is 2.32. The Hall–Kier alpha value is -2.31. The van der Waals surface area contributed by atoms with E-state index in [1.807, 2.05) is 42.5 Å². The molecule has 3 heteroatoms. The summed E-state index contributed by atoms with van der Waals surface area (Å²) in [6.07, 6.45) is 0.905. The zero-order valence-corrected chi connectivity index (χ0v) is 12.5. The second-order valence-electron chi connectivity index (χ2n) is 5.11. The molecule has 0 fully saturated rings. The number of methoxy groups -OCH3 is 1. The summed E-state index contributed by atoms with van der Waals surface area (Å²) in [5.41, 5.74) is 3.03. The van der Waals surface area contributed by atoms with Crippen LogP contribution < -0.4 is 10.1 Å². The standard InChI is InChI=1S/C18H20N2O/c1-14(10-17-8-3-4-9-18(17)21-2)20-13-16-7-5-6-15(11-16)12-19/h3-9,11,14,20H,10,13H2,1-2H3. The first-order chi connectivity index (χ1) is 10.2. The van der Waals surface area contributed by atoms with E-state index in [1.165, 1.54) is 5.56 Å². The molecule has 0 aliphatic rings. The second-order valence-corrected chi connectivity index (χ2v) is 5.11. The minimum absolute atomic E-state index is 0.326. The minimum atomic E-state index is 0.326. The van der Waals surface area contributed by atoms with Gasteiger partial charge in [0.15, 0.2) is 0 Å². The molecule has 0 aliphatic heterocycles. The average Bonchev–Trinajstić information content (AvgIpc) is 2.53. The highest BCUT2D eigenvalue weighted by Crippen LogP contribution is 2.19. The number of hydrogen-bond acceptors (Lipinski definition) is 3. The fourth-order valence-electron chi connectivity index (χ4n) is 2.32. The molecule has 0 radical (unpaired) electrons. The summed E-state index contributed by atoms with van der Waals surface area (Å²) in [6, 6.07) is 18.3. The number of nitrogens with zero attached hydrogens (tertiary/aromatic N) is 1. The monoisotopic (exact) mass is 280 g/mol. The number of para-hydroxylation sites is 1. The van der Waals surface area contributed by atoms with Crippen LogP contribution in [0.5, 0.6) is 5.75 Å². The molecule has 0 aliphatic carbocycles. The first kappa shape index (κ1) is 15.1. The molecule has 0 amide bonds. The highest BCUT2D eigenvalue weighted by Gasteiger charge is 2.07. The Bertz CT molecular complexity index is 631. The first-order valence-corrected chi connectivity index (χ1v) is 7.07. The van der Waals surface area contributed by atoms with Crippen molar-refractivity contribution in [2.75, 3.05) is 7.11 Å². The van der Waals surface area contributed by atoms with Crippen LogP contribution in [0.15, 0.2) is 48.5 Å². The van der Waals surface area contributed by atoms with Gasteiger partial charge in [0.25, 0.3) is 0 Å². The van der Waals surface area contributed by atoms with Crippen molar-refractivity contribution in [3.05, 3.63) is 65.2 Å². The first-order valence-electron chi connectivity index (χ1n) is 7.07. The van der Waals surface area contributed by atoms with Crippen LogP contribution in [0, 0.1) is 11.3 Å². The SMILES string of the molecule is COc1ccccc1CC(C)NCc1cccc(C#N)c1. The Morgan fingerprint density at radius 3 is 2.76 bits per heavy atom. The predicted molar refractivity (Wildman–Crippen MR) is 84.2 cm³/mol. The van der Waals surface area contributed by atoms with Gasteiger partial charge in [-0.15, -0.1) is 0 Å². The average molecular weight is 280 g/mol. The number of benzene rings is 2.